The third kappa shape index (κ3) is 4.63. The molecule has 0 bridgehead atoms. The van der Waals surface area contributed by atoms with E-state index in [0.29, 0.717) is 28.9 Å². The Morgan fingerprint density at radius 1 is 1.07 bits per heavy atom. The van der Waals surface area contributed by atoms with E-state index in [0.717, 1.165) is 18.4 Å². The van der Waals surface area contributed by atoms with Crippen LogP contribution in [0.4, 0.5) is 4.39 Å². The van der Waals surface area contributed by atoms with E-state index in [1.807, 2.05) is 36.4 Å². The molecule has 0 aliphatic heterocycles. The zero-order valence-corrected chi connectivity index (χ0v) is 17.3. The van der Waals surface area contributed by atoms with Gasteiger partial charge in [-0.3, -0.25) is 4.79 Å². The molecule has 1 fully saturated rings. The van der Waals surface area contributed by atoms with Gasteiger partial charge in [-0.2, -0.15) is 0 Å². The van der Waals surface area contributed by atoms with Gasteiger partial charge in [0.15, 0.2) is 0 Å². The minimum atomic E-state index is -0.482. The summed E-state index contributed by atoms with van der Waals surface area (Å²) in [5.74, 6) is 0.425. The first kappa shape index (κ1) is 20.6. The second-order valence-corrected chi connectivity index (χ2v) is 8.63. The number of benzene rings is 2. The predicted octanol–water partition coefficient (Wildman–Crippen LogP) is 6.60. The normalized spacial score (nSPS) is 23.4. The Kier molecular flexibility index (Phi) is 6.53. The average Bonchev–Trinajstić information content (AvgIpc) is 2.67. The molecule has 2 aromatic carbocycles. The van der Waals surface area contributed by atoms with Crippen LogP contribution in [0.1, 0.15) is 58.4 Å². The molecular weight excluding hydrogens is 351 g/mol. The first-order chi connectivity index (χ1) is 13.4. The molecule has 0 heterocycles. The van der Waals surface area contributed by atoms with Crippen molar-refractivity contribution in [1.29, 1.82) is 0 Å². The van der Waals surface area contributed by atoms with Gasteiger partial charge in [0.1, 0.15) is 11.9 Å². The molecule has 3 rings (SSSR count). The fourth-order valence-electron chi connectivity index (χ4n) is 4.29. The maximum Gasteiger partial charge on any atom is 0.313 e. The van der Waals surface area contributed by atoms with Crippen molar-refractivity contribution >= 4 is 5.97 Å². The molecule has 0 aromatic heterocycles. The maximum atomic E-state index is 14.7. The van der Waals surface area contributed by atoms with Gasteiger partial charge in [0.2, 0.25) is 0 Å². The molecule has 0 spiro atoms. The molecule has 1 saturated carbocycles. The van der Waals surface area contributed by atoms with E-state index in [-0.39, 0.29) is 17.9 Å². The van der Waals surface area contributed by atoms with Gasteiger partial charge in [0.25, 0.3) is 0 Å². The Morgan fingerprint density at radius 2 is 1.79 bits per heavy atom. The first-order valence-electron chi connectivity index (χ1n) is 10.4. The number of halogens is 1. The SMILES string of the molecule is CC(C)[C@H]1CC[C@H](C)C[C@H]1OC(=O)[C@H](C)c1ccc(-c2ccccc2)c(F)c1. The van der Waals surface area contributed by atoms with Gasteiger partial charge in [0, 0.05) is 5.56 Å². The molecule has 1 aliphatic rings. The van der Waals surface area contributed by atoms with Gasteiger partial charge in [-0.1, -0.05) is 69.7 Å². The Bertz CT molecular complexity index is 799. The summed E-state index contributed by atoms with van der Waals surface area (Å²) in [5.41, 5.74) is 2.04. The molecule has 150 valence electrons. The Balaban J connectivity index is 1.73. The van der Waals surface area contributed by atoms with E-state index in [9.17, 15) is 9.18 Å². The van der Waals surface area contributed by atoms with Crippen molar-refractivity contribution in [3.63, 3.8) is 0 Å². The fourth-order valence-corrected chi connectivity index (χ4v) is 4.29. The Hall–Kier alpha value is -2.16. The minimum absolute atomic E-state index is 0.0351. The van der Waals surface area contributed by atoms with Gasteiger partial charge >= 0.3 is 5.97 Å². The predicted molar refractivity (Wildman–Crippen MR) is 111 cm³/mol. The zero-order chi connectivity index (χ0) is 20.3. The maximum absolute atomic E-state index is 14.7. The van der Waals surface area contributed by atoms with E-state index in [2.05, 4.69) is 20.8 Å². The van der Waals surface area contributed by atoms with Crippen LogP contribution >= 0.6 is 0 Å². The Labute approximate surface area is 168 Å². The molecule has 1 aliphatic carbocycles. The molecule has 2 aromatic rings. The average molecular weight is 383 g/mol. The zero-order valence-electron chi connectivity index (χ0n) is 17.3. The summed E-state index contributed by atoms with van der Waals surface area (Å²) in [5, 5.41) is 0. The van der Waals surface area contributed by atoms with Gasteiger partial charge in [-0.05, 0) is 54.7 Å². The van der Waals surface area contributed by atoms with Crippen LogP contribution in [0.25, 0.3) is 11.1 Å². The van der Waals surface area contributed by atoms with Crippen molar-refractivity contribution in [3.05, 3.63) is 59.9 Å². The molecule has 2 nitrogen and oxygen atoms in total. The minimum Gasteiger partial charge on any atom is -0.462 e. The lowest BCUT2D eigenvalue weighted by atomic mass is 9.75. The highest BCUT2D eigenvalue weighted by Crippen LogP contribution is 2.36. The molecular formula is C25H31FO2. The third-order valence-corrected chi connectivity index (χ3v) is 6.16. The number of hydrogen-bond donors (Lipinski definition) is 0. The molecule has 0 radical (unpaired) electrons. The summed E-state index contributed by atoms with van der Waals surface area (Å²) in [6.45, 7) is 8.42. The topological polar surface area (TPSA) is 26.3 Å². The molecule has 0 saturated heterocycles. The molecule has 4 atom stereocenters. The van der Waals surface area contributed by atoms with E-state index in [4.69, 9.17) is 4.74 Å². The number of carbonyl (C=O) groups is 1. The molecule has 0 unspecified atom stereocenters. The first-order valence-corrected chi connectivity index (χ1v) is 10.4. The Morgan fingerprint density at radius 3 is 2.43 bits per heavy atom. The van der Waals surface area contributed by atoms with Crippen LogP contribution in [0.3, 0.4) is 0 Å². The highest BCUT2D eigenvalue weighted by molar-refractivity contribution is 5.78. The molecule has 28 heavy (non-hydrogen) atoms. The summed E-state index contributed by atoms with van der Waals surface area (Å²) in [7, 11) is 0. The van der Waals surface area contributed by atoms with Crippen LogP contribution in [0.2, 0.25) is 0 Å². The largest absolute Gasteiger partial charge is 0.462 e. The monoisotopic (exact) mass is 382 g/mol. The van der Waals surface area contributed by atoms with E-state index >= 15 is 0 Å². The summed E-state index contributed by atoms with van der Waals surface area (Å²) >= 11 is 0. The number of rotatable bonds is 5. The van der Waals surface area contributed by atoms with Crippen LogP contribution in [0.15, 0.2) is 48.5 Å². The lowest BCUT2D eigenvalue weighted by molar-refractivity contribution is -0.157. The molecule has 3 heteroatoms. The van der Waals surface area contributed by atoms with Crippen LogP contribution in [-0.4, -0.2) is 12.1 Å². The molecule has 0 amide bonds. The van der Waals surface area contributed by atoms with Gasteiger partial charge in [0.05, 0.1) is 5.92 Å². The highest BCUT2D eigenvalue weighted by atomic mass is 19.1. The quantitative estimate of drug-likeness (QED) is 0.545. The standard InChI is InChI=1S/C25H31FO2/c1-16(2)21-12-10-17(3)14-24(21)28-25(27)18(4)20-11-13-22(23(26)15-20)19-8-6-5-7-9-19/h5-9,11,13,15-18,21,24H,10,12,14H2,1-4H3/t17-,18+,21+,24+/m0/s1. The lowest BCUT2D eigenvalue weighted by Crippen LogP contribution is -2.36. The fraction of sp³-hybridized carbons (Fsp3) is 0.480. The van der Waals surface area contributed by atoms with Crippen LogP contribution < -0.4 is 0 Å². The van der Waals surface area contributed by atoms with E-state index in [1.54, 1.807) is 13.0 Å². The lowest BCUT2D eigenvalue weighted by Gasteiger charge is -2.37. The van der Waals surface area contributed by atoms with Crippen molar-refractivity contribution in [3.8, 4) is 11.1 Å². The summed E-state index contributed by atoms with van der Waals surface area (Å²) in [6.07, 6.45) is 3.18. The van der Waals surface area contributed by atoms with Crippen molar-refractivity contribution in [2.75, 3.05) is 0 Å². The van der Waals surface area contributed by atoms with Gasteiger partial charge in [-0.25, -0.2) is 4.39 Å². The van der Waals surface area contributed by atoms with Gasteiger partial charge < -0.3 is 4.74 Å². The van der Waals surface area contributed by atoms with Gasteiger partial charge in [-0.15, -0.1) is 0 Å². The van der Waals surface area contributed by atoms with E-state index < -0.39 is 5.92 Å². The van der Waals surface area contributed by atoms with Crippen LogP contribution in [0, 0.1) is 23.6 Å². The number of ether oxygens (including phenoxy) is 1. The summed E-state index contributed by atoms with van der Waals surface area (Å²) < 4.78 is 20.6. The third-order valence-electron chi connectivity index (χ3n) is 6.16. The van der Waals surface area contributed by atoms with E-state index in [1.165, 1.54) is 12.5 Å². The second kappa shape index (κ2) is 8.89. The number of esters is 1. The van der Waals surface area contributed by atoms with Crippen molar-refractivity contribution in [2.24, 2.45) is 17.8 Å². The van der Waals surface area contributed by atoms with Crippen molar-refractivity contribution < 1.29 is 13.9 Å². The number of hydrogen-bond acceptors (Lipinski definition) is 2. The summed E-state index contributed by atoms with van der Waals surface area (Å²) in [4.78, 5) is 12.8. The van der Waals surface area contributed by atoms with Crippen LogP contribution in [-0.2, 0) is 9.53 Å². The second-order valence-electron chi connectivity index (χ2n) is 8.63. The van der Waals surface area contributed by atoms with Crippen LogP contribution in [0.5, 0.6) is 0 Å². The van der Waals surface area contributed by atoms with Crippen molar-refractivity contribution in [1.82, 2.24) is 0 Å². The highest BCUT2D eigenvalue weighted by Gasteiger charge is 2.34. The number of carbonyl (C=O) groups excluding carboxylic acids is 1. The molecule has 0 N–H and O–H groups in total. The smallest absolute Gasteiger partial charge is 0.313 e. The summed E-state index contributed by atoms with van der Waals surface area (Å²) in [6, 6.07) is 14.5. The van der Waals surface area contributed by atoms with Crippen molar-refractivity contribution in [2.45, 2.75) is 59.0 Å².